The van der Waals surface area contributed by atoms with E-state index in [1.165, 1.54) is 6.42 Å². The number of piperazine rings is 1. The van der Waals surface area contributed by atoms with E-state index in [1.807, 2.05) is 29.2 Å². The molecule has 2 saturated heterocycles. The van der Waals surface area contributed by atoms with Crippen molar-refractivity contribution in [2.45, 2.75) is 25.3 Å². The van der Waals surface area contributed by atoms with Crippen LogP contribution in [-0.4, -0.2) is 55.0 Å². The van der Waals surface area contributed by atoms with Gasteiger partial charge in [-0.2, -0.15) is 0 Å². The maximum absolute atomic E-state index is 13.1. The molecule has 1 aromatic carbocycles. The highest BCUT2D eigenvalue weighted by molar-refractivity contribution is 6.30. The minimum Gasteiger partial charge on any atom is -0.341 e. The number of halogens is 1. The number of nitrogens with zero attached hydrogens (tertiary/aromatic N) is 2. The predicted octanol–water partition coefficient (Wildman–Crippen LogP) is 2.30. The van der Waals surface area contributed by atoms with E-state index in [1.54, 1.807) is 0 Å². The Morgan fingerprint density at radius 2 is 1.82 bits per heavy atom. The normalized spacial score (nSPS) is 21.6. The number of nitrogens with one attached hydrogen (secondary N) is 1. The number of amides is 1. The van der Waals surface area contributed by atoms with Gasteiger partial charge in [0, 0.05) is 44.3 Å². The molecule has 3 rings (SSSR count). The zero-order valence-electron chi connectivity index (χ0n) is 12.9. The molecule has 1 N–H and O–H groups in total. The molecule has 0 aromatic heterocycles. The van der Waals surface area contributed by atoms with E-state index in [9.17, 15) is 4.79 Å². The quantitative estimate of drug-likeness (QED) is 0.928. The lowest BCUT2D eigenvalue weighted by Crippen LogP contribution is -2.51. The van der Waals surface area contributed by atoms with E-state index in [-0.39, 0.29) is 11.9 Å². The summed E-state index contributed by atoms with van der Waals surface area (Å²) in [6.07, 6.45) is 3.48. The Labute approximate surface area is 137 Å². The number of likely N-dealkylation sites (tertiary alicyclic amines) is 1. The molecule has 2 fully saturated rings. The van der Waals surface area contributed by atoms with Crippen molar-refractivity contribution >= 4 is 17.5 Å². The Kier molecular flexibility index (Phi) is 5.34. The molecule has 1 atom stereocenters. The van der Waals surface area contributed by atoms with E-state index in [4.69, 9.17) is 11.6 Å². The van der Waals surface area contributed by atoms with Gasteiger partial charge < -0.3 is 10.2 Å². The van der Waals surface area contributed by atoms with Gasteiger partial charge in [-0.15, -0.1) is 0 Å². The first-order valence-corrected chi connectivity index (χ1v) is 8.62. The van der Waals surface area contributed by atoms with Gasteiger partial charge in [-0.3, -0.25) is 9.69 Å². The van der Waals surface area contributed by atoms with E-state index < -0.39 is 0 Å². The third-order valence-corrected chi connectivity index (χ3v) is 4.82. The largest absolute Gasteiger partial charge is 0.341 e. The maximum atomic E-state index is 13.1. The molecule has 4 nitrogen and oxygen atoms in total. The molecule has 0 spiro atoms. The lowest BCUT2D eigenvalue weighted by molar-refractivity contribution is -0.138. The van der Waals surface area contributed by atoms with Crippen molar-refractivity contribution in [2.24, 2.45) is 0 Å². The van der Waals surface area contributed by atoms with Crippen LogP contribution in [-0.2, 0) is 4.79 Å². The molecular weight excluding hydrogens is 298 g/mol. The highest BCUT2D eigenvalue weighted by atomic mass is 35.5. The number of hydrogen-bond acceptors (Lipinski definition) is 3. The second kappa shape index (κ2) is 7.44. The highest BCUT2D eigenvalue weighted by Gasteiger charge is 2.32. The fourth-order valence-electron chi connectivity index (χ4n) is 3.41. The maximum Gasteiger partial charge on any atom is 0.244 e. The van der Waals surface area contributed by atoms with Gasteiger partial charge in [-0.25, -0.2) is 0 Å². The van der Waals surface area contributed by atoms with Gasteiger partial charge in [-0.05, 0) is 37.0 Å². The summed E-state index contributed by atoms with van der Waals surface area (Å²) >= 11 is 6.16. The number of rotatable bonds is 3. The lowest BCUT2D eigenvalue weighted by Gasteiger charge is -2.38. The molecule has 1 amide bonds. The van der Waals surface area contributed by atoms with Crippen molar-refractivity contribution < 1.29 is 4.79 Å². The van der Waals surface area contributed by atoms with E-state index >= 15 is 0 Å². The molecule has 1 unspecified atom stereocenters. The van der Waals surface area contributed by atoms with Gasteiger partial charge in [0.25, 0.3) is 0 Å². The third-order valence-electron chi connectivity index (χ3n) is 4.58. The second-order valence-corrected chi connectivity index (χ2v) is 6.57. The Bertz CT molecular complexity index is 510. The van der Waals surface area contributed by atoms with Crippen molar-refractivity contribution in [1.29, 1.82) is 0 Å². The first-order valence-electron chi connectivity index (χ1n) is 8.25. The average molecular weight is 322 g/mol. The molecule has 0 radical (unpaired) electrons. The molecular formula is C17H24ClN3O. The summed E-state index contributed by atoms with van der Waals surface area (Å²) in [6, 6.07) is 7.58. The molecule has 22 heavy (non-hydrogen) atoms. The molecule has 0 saturated carbocycles. The van der Waals surface area contributed by atoms with Gasteiger partial charge in [0.05, 0.1) is 0 Å². The summed E-state index contributed by atoms with van der Waals surface area (Å²) in [7, 11) is 0. The van der Waals surface area contributed by atoms with E-state index in [0.29, 0.717) is 5.02 Å². The van der Waals surface area contributed by atoms with Crippen LogP contribution < -0.4 is 5.32 Å². The summed E-state index contributed by atoms with van der Waals surface area (Å²) in [5.74, 6) is 0.240. The molecule has 5 heteroatoms. The summed E-state index contributed by atoms with van der Waals surface area (Å²) in [5, 5.41) is 4.06. The van der Waals surface area contributed by atoms with Gasteiger partial charge in [0.2, 0.25) is 5.91 Å². The first kappa shape index (κ1) is 15.8. The van der Waals surface area contributed by atoms with Crippen molar-refractivity contribution in [3.63, 3.8) is 0 Å². The van der Waals surface area contributed by atoms with Gasteiger partial charge in [0.1, 0.15) is 6.04 Å². The van der Waals surface area contributed by atoms with Crippen LogP contribution in [0.5, 0.6) is 0 Å². The van der Waals surface area contributed by atoms with Crippen LogP contribution in [0.4, 0.5) is 0 Å². The molecule has 120 valence electrons. The molecule has 2 aliphatic rings. The first-order chi connectivity index (χ1) is 10.8. The van der Waals surface area contributed by atoms with E-state index in [2.05, 4.69) is 10.2 Å². The third kappa shape index (κ3) is 3.62. The standard InChI is InChI=1S/C17H24ClN3O/c18-15-6-4-5-14(13-15)16(20-11-7-19-8-12-20)17(22)21-9-2-1-3-10-21/h4-6,13,16,19H,1-3,7-12H2. The average Bonchev–Trinajstić information content (AvgIpc) is 2.57. The highest BCUT2D eigenvalue weighted by Crippen LogP contribution is 2.27. The Balaban J connectivity index is 1.86. The number of piperidine rings is 1. The summed E-state index contributed by atoms with van der Waals surface area (Å²) in [6.45, 7) is 5.45. The Hall–Kier alpha value is -1.10. The van der Waals surface area contributed by atoms with Crippen LogP contribution >= 0.6 is 11.6 Å². The topological polar surface area (TPSA) is 35.6 Å². The summed E-state index contributed by atoms with van der Waals surface area (Å²) in [5.41, 5.74) is 1.02. The summed E-state index contributed by atoms with van der Waals surface area (Å²) in [4.78, 5) is 17.5. The van der Waals surface area contributed by atoms with Gasteiger partial charge >= 0.3 is 0 Å². The zero-order chi connectivity index (χ0) is 15.4. The predicted molar refractivity (Wildman–Crippen MR) is 89.1 cm³/mol. The molecule has 0 bridgehead atoms. The van der Waals surface area contributed by atoms with Crippen molar-refractivity contribution in [1.82, 2.24) is 15.1 Å². The van der Waals surface area contributed by atoms with Crippen LogP contribution in [0.3, 0.4) is 0 Å². The number of carbonyl (C=O) groups excluding carboxylic acids is 1. The molecule has 1 aromatic rings. The Morgan fingerprint density at radius 1 is 1.09 bits per heavy atom. The monoisotopic (exact) mass is 321 g/mol. The molecule has 2 aliphatic heterocycles. The van der Waals surface area contributed by atoms with Crippen molar-refractivity contribution in [3.05, 3.63) is 34.9 Å². The van der Waals surface area contributed by atoms with Crippen LogP contribution in [0.15, 0.2) is 24.3 Å². The fourth-order valence-corrected chi connectivity index (χ4v) is 3.61. The zero-order valence-corrected chi connectivity index (χ0v) is 13.7. The molecule has 0 aliphatic carbocycles. The smallest absolute Gasteiger partial charge is 0.244 e. The van der Waals surface area contributed by atoms with Crippen molar-refractivity contribution in [3.8, 4) is 0 Å². The van der Waals surface area contributed by atoms with Crippen LogP contribution in [0.1, 0.15) is 30.9 Å². The summed E-state index contributed by atoms with van der Waals surface area (Å²) < 4.78 is 0. The number of carbonyl (C=O) groups is 1. The van der Waals surface area contributed by atoms with Crippen LogP contribution in [0.2, 0.25) is 5.02 Å². The van der Waals surface area contributed by atoms with E-state index in [0.717, 1.165) is 57.7 Å². The Morgan fingerprint density at radius 3 is 2.50 bits per heavy atom. The van der Waals surface area contributed by atoms with Crippen LogP contribution in [0, 0.1) is 0 Å². The van der Waals surface area contributed by atoms with Gasteiger partial charge in [-0.1, -0.05) is 23.7 Å². The molecule has 2 heterocycles. The van der Waals surface area contributed by atoms with Crippen LogP contribution in [0.25, 0.3) is 0 Å². The van der Waals surface area contributed by atoms with Gasteiger partial charge in [0.15, 0.2) is 0 Å². The number of benzene rings is 1. The minimum absolute atomic E-state index is 0.195. The SMILES string of the molecule is O=C(C(c1cccc(Cl)c1)N1CCNCC1)N1CCCCC1. The van der Waals surface area contributed by atoms with Crippen molar-refractivity contribution in [2.75, 3.05) is 39.3 Å². The second-order valence-electron chi connectivity index (χ2n) is 6.13. The fraction of sp³-hybridized carbons (Fsp3) is 0.588. The number of hydrogen-bond donors (Lipinski definition) is 1. The lowest BCUT2D eigenvalue weighted by atomic mass is 10.0. The minimum atomic E-state index is -0.195.